The summed E-state index contributed by atoms with van der Waals surface area (Å²) in [5, 5.41) is 3.93. The van der Waals surface area contributed by atoms with Crippen LogP contribution in [0, 0.1) is 0 Å². The standard InChI is InChI=1S/C7H13N.3C6H11N.2C5H9N.2C4H8N2/c1-8-6-4-2-3-5-7-8;3*1-7-5-3-2-4-6-7;4*1-6-4-2-3-5-6/h2-3H,4-7H2,1H3;3,5H,2,4,6H2,1H3;2*2-3H,4-6H2,1H3;2,4H,3,5H2,1H3;2-3H,4-5H2,1H3;2,4-5H,3H2,1H3;2-3,5H,4H2,1H3. The third-order valence-electron chi connectivity index (χ3n) is 8.87. The summed E-state index contributed by atoms with van der Waals surface area (Å²) in [5.74, 6) is 0. The summed E-state index contributed by atoms with van der Waals surface area (Å²) in [6, 6.07) is 0. The Morgan fingerprint density at radius 2 is 0.849 bits per heavy atom. The Morgan fingerprint density at radius 3 is 1.08 bits per heavy atom. The quantitative estimate of drug-likeness (QED) is 0.314. The van der Waals surface area contributed by atoms with Crippen LogP contribution in [-0.4, -0.2) is 174 Å². The number of hydrogen-bond donors (Lipinski definition) is 2. The van der Waals surface area contributed by atoms with Gasteiger partial charge in [-0.15, -0.1) is 0 Å². The fourth-order valence-electron chi connectivity index (χ4n) is 5.34. The van der Waals surface area contributed by atoms with Crippen LogP contribution in [-0.2, 0) is 0 Å². The van der Waals surface area contributed by atoms with Crippen LogP contribution in [0.25, 0.3) is 0 Å². The SMILES string of the molecule is CN1C=CCC1.CN1C=CCCC1.CN1C=CCN1.CN1CC=CC1.CN1CC=CCC1.CN1CC=CCC1.CN1CC=CN1.CN1CCC=CCC1. The Kier molecular flexibility index (Phi) is 30.2. The van der Waals surface area contributed by atoms with E-state index in [1.807, 2.05) is 36.5 Å². The van der Waals surface area contributed by atoms with Crippen LogP contribution in [0.1, 0.15) is 44.9 Å². The Bertz CT molecular complexity index is 1010. The lowest BCUT2D eigenvalue weighted by Gasteiger charge is -2.16. The van der Waals surface area contributed by atoms with Gasteiger partial charge in [0.1, 0.15) is 0 Å². The van der Waals surface area contributed by atoms with Crippen LogP contribution in [0.4, 0.5) is 0 Å². The molecule has 8 rings (SSSR count). The molecule has 2 N–H and O–H groups in total. The summed E-state index contributed by atoms with van der Waals surface area (Å²) in [6.45, 7) is 13.9. The zero-order chi connectivity index (χ0) is 38.8. The maximum absolute atomic E-state index is 3.04. The summed E-state index contributed by atoms with van der Waals surface area (Å²) in [4.78, 5) is 13.6. The van der Waals surface area contributed by atoms with Gasteiger partial charge in [-0.3, -0.25) is 4.90 Å². The van der Waals surface area contributed by atoms with Crippen LogP contribution in [0.5, 0.6) is 0 Å². The number of nitrogens with one attached hydrogen (secondary N) is 2. The average molecular weight is 737 g/mol. The molecule has 0 amide bonds. The second-order valence-electron chi connectivity index (χ2n) is 14.5. The van der Waals surface area contributed by atoms with Crippen molar-refractivity contribution in [1.29, 1.82) is 0 Å². The first-order valence-corrected chi connectivity index (χ1v) is 20.0. The fourth-order valence-corrected chi connectivity index (χ4v) is 5.34. The second kappa shape index (κ2) is 33.4. The molecule has 0 saturated carbocycles. The molecule has 0 bridgehead atoms. The Morgan fingerprint density at radius 1 is 0.377 bits per heavy atom. The smallest absolute Gasteiger partial charge is 0.0373 e. The molecule has 53 heavy (non-hydrogen) atoms. The van der Waals surface area contributed by atoms with Crippen molar-refractivity contribution in [2.24, 2.45) is 0 Å². The molecular formula is C43H80N10. The average Bonchev–Trinajstić information content (AvgIpc) is 4.01. The highest BCUT2D eigenvalue weighted by Crippen LogP contribution is 2.01. The molecule has 0 aliphatic carbocycles. The number of rotatable bonds is 0. The van der Waals surface area contributed by atoms with Gasteiger partial charge in [0.25, 0.3) is 0 Å². The van der Waals surface area contributed by atoms with E-state index < -0.39 is 0 Å². The van der Waals surface area contributed by atoms with Gasteiger partial charge in [0.05, 0.1) is 0 Å². The minimum Gasteiger partial charge on any atom is -0.381 e. The Labute approximate surface area is 327 Å². The molecule has 0 unspecified atom stereocenters. The van der Waals surface area contributed by atoms with Gasteiger partial charge in [0.15, 0.2) is 0 Å². The van der Waals surface area contributed by atoms with Crippen LogP contribution >= 0.6 is 0 Å². The lowest BCUT2D eigenvalue weighted by Crippen LogP contribution is -2.24. The van der Waals surface area contributed by atoms with Crippen molar-refractivity contribution >= 4 is 0 Å². The first-order chi connectivity index (χ1) is 25.7. The van der Waals surface area contributed by atoms with Gasteiger partial charge >= 0.3 is 0 Å². The number of hydrogen-bond acceptors (Lipinski definition) is 10. The fraction of sp³-hybridized carbons (Fsp3) is 0.628. The predicted octanol–water partition coefficient (Wildman–Crippen LogP) is 5.47. The van der Waals surface area contributed by atoms with Gasteiger partial charge in [0.2, 0.25) is 0 Å². The van der Waals surface area contributed by atoms with Crippen molar-refractivity contribution in [2.45, 2.75) is 44.9 Å². The van der Waals surface area contributed by atoms with Crippen molar-refractivity contribution in [2.75, 3.05) is 135 Å². The normalized spacial score (nSPS) is 21.8. The number of nitrogens with zero attached hydrogens (tertiary/aromatic N) is 8. The van der Waals surface area contributed by atoms with Crippen LogP contribution < -0.4 is 10.9 Å². The molecule has 10 heteroatoms. The third-order valence-corrected chi connectivity index (χ3v) is 8.87. The molecule has 0 fully saturated rings. The zero-order valence-corrected chi connectivity index (χ0v) is 35.3. The van der Waals surface area contributed by atoms with E-state index in [1.165, 1.54) is 84.2 Å². The Hall–Kier alpha value is -3.12. The van der Waals surface area contributed by atoms with Crippen LogP contribution in [0.15, 0.2) is 97.7 Å². The molecule has 302 valence electrons. The number of allylic oxidation sites excluding steroid dienone is 1. The van der Waals surface area contributed by atoms with E-state index in [0.717, 1.165) is 39.3 Å². The summed E-state index contributed by atoms with van der Waals surface area (Å²) < 4.78 is 0. The lowest BCUT2D eigenvalue weighted by atomic mass is 10.2. The topological polar surface area (TPSA) is 50.0 Å². The predicted molar refractivity (Wildman–Crippen MR) is 232 cm³/mol. The van der Waals surface area contributed by atoms with E-state index in [4.69, 9.17) is 0 Å². The molecule has 0 saturated heterocycles. The minimum absolute atomic E-state index is 0.983. The third kappa shape index (κ3) is 32.1. The molecule has 8 aliphatic rings. The molecular weight excluding hydrogens is 657 g/mol. The van der Waals surface area contributed by atoms with E-state index in [9.17, 15) is 0 Å². The van der Waals surface area contributed by atoms with Gasteiger partial charge in [0, 0.05) is 119 Å². The molecule has 0 radical (unpaired) electrons. The summed E-state index contributed by atoms with van der Waals surface area (Å²) in [5.41, 5.74) is 6.01. The highest BCUT2D eigenvalue weighted by atomic mass is 15.5. The minimum atomic E-state index is 0.983. The van der Waals surface area contributed by atoms with Crippen molar-refractivity contribution in [3.63, 3.8) is 0 Å². The van der Waals surface area contributed by atoms with Gasteiger partial charge in [-0.2, -0.15) is 0 Å². The van der Waals surface area contributed by atoms with Crippen LogP contribution in [0.2, 0.25) is 0 Å². The van der Waals surface area contributed by atoms with Gasteiger partial charge in [-0.05, 0) is 85.5 Å². The maximum atomic E-state index is 3.04. The summed E-state index contributed by atoms with van der Waals surface area (Å²) in [6.07, 6.45) is 43.3. The maximum Gasteiger partial charge on any atom is 0.0373 e. The van der Waals surface area contributed by atoms with Crippen molar-refractivity contribution in [3.8, 4) is 0 Å². The first-order valence-electron chi connectivity index (χ1n) is 20.0. The van der Waals surface area contributed by atoms with E-state index >= 15 is 0 Å². The first kappa shape index (κ1) is 47.9. The summed E-state index contributed by atoms with van der Waals surface area (Å²) >= 11 is 0. The van der Waals surface area contributed by atoms with Crippen molar-refractivity contribution in [1.82, 2.24) is 50.3 Å². The molecule has 8 heterocycles. The van der Waals surface area contributed by atoms with Gasteiger partial charge in [-0.1, -0.05) is 72.9 Å². The molecule has 0 spiro atoms. The van der Waals surface area contributed by atoms with Crippen molar-refractivity contribution < 1.29 is 0 Å². The molecule has 8 aliphatic heterocycles. The highest BCUT2D eigenvalue weighted by Gasteiger charge is 1.99. The highest BCUT2D eigenvalue weighted by molar-refractivity contribution is 4.94. The number of likely N-dealkylation sites (N-methyl/N-ethyl adjacent to an activating group) is 4. The zero-order valence-electron chi connectivity index (χ0n) is 35.3. The number of hydrazine groups is 2. The van der Waals surface area contributed by atoms with Crippen LogP contribution in [0.3, 0.4) is 0 Å². The molecule has 0 atom stereocenters. The molecule has 10 nitrogen and oxygen atoms in total. The lowest BCUT2D eigenvalue weighted by molar-refractivity contribution is 0.332. The van der Waals surface area contributed by atoms with E-state index in [1.54, 1.807) is 0 Å². The van der Waals surface area contributed by atoms with E-state index in [2.05, 4.69) is 168 Å². The van der Waals surface area contributed by atoms with E-state index in [-0.39, 0.29) is 0 Å². The van der Waals surface area contributed by atoms with Crippen molar-refractivity contribution in [3.05, 3.63) is 97.7 Å². The molecule has 0 aromatic carbocycles. The van der Waals surface area contributed by atoms with E-state index in [0.29, 0.717) is 0 Å². The molecule has 0 aromatic rings. The summed E-state index contributed by atoms with van der Waals surface area (Å²) in [7, 11) is 16.7. The van der Waals surface area contributed by atoms with Gasteiger partial charge < -0.3 is 34.9 Å². The largest absolute Gasteiger partial charge is 0.381 e. The monoisotopic (exact) mass is 737 g/mol. The molecule has 0 aromatic heterocycles. The van der Waals surface area contributed by atoms with Gasteiger partial charge in [-0.25, -0.2) is 10.4 Å². The Balaban J connectivity index is 0.000000303. The second-order valence-corrected chi connectivity index (χ2v) is 14.5.